The highest BCUT2D eigenvalue weighted by Crippen LogP contribution is 2.35. The Balaban J connectivity index is 2.81. The molecule has 10 heteroatoms. The summed E-state index contributed by atoms with van der Waals surface area (Å²) in [6.07, 6.45) is -4.14. The van der Waals surface area contributed by atoms with Crippen LogP contribution in [0, 0.1) is 5.95 Å². The topological polar surface area (TPSA) is 74.4 Å². The van der Waals surface area contributed by atoms with Gasteiger partial charge in [-0.25, -0.2) is 13.6 Å². The second-order valence-electron chi connectivity index (χ2n) is 3.53. The fourth-order valence-corrected chi connectivity index (χ4v) is 1.43. The first-order chi connectivity index (χ1) is 9.23. The molecule has 1 heterocycles. The van der Waals surface area contributed by atoms with Crippen LogP contribution in [0.15, 0.2) is 0 Å². The Hall–Kier alpha value is -1.41. The third-order valence-electron chi connectivity index (χ3n) is 2.01. The Kier molecular flexibility index (Phi) is 5.70. The normalized spacial score (nSPS) is 12.3. The maximum atomic E-state index is 13.2. The predicted molar refractivity (Wildman–Crippen MR) is 65.7 cm³/mol. The highest BCUT2D eigenvalue weighted by molar-refractivity contribution is 6.39. The van der Waals surface area contributed by atoms with Crippen molar-refractivity contribution in [2.24, 2.45) is 0 Å². The summed E-state index contributed by atoms with van der Waals surface area (Å²) in [5, 5.41) is -0.791. The summed E-state index contributed by atoms with van der Waals surface area (Å²) in [4.78, 5) is 14.6. The van der Waals surface area contributed by atoms with E-state index in [1.54, 1.807) is 0 Å². The van der Waals surface area contributed by atoms with Crippen LogP contribution >= 0.6 is 23.2 Å². The minimum Gasteiger partial charge on any atom is -0.461 e. The lowest BCUT2D eigenvalue weighted by atomic mass is 10.4. The third-order valence-corrected chi connectivity index (χ3v) is 2.74. The second-order valence-corrected chi connectivity index (χ2v) is 4.29. The summed E-state index contributed by atoms with van der Waals surface area (Å²) in [5.41, 5.74) is 5.08. The summed E-state index contributed by atoms with van der Waals surface area (Å²) in [7, 11) is 0. The van der Waals surface area contributed by atoms with E-state index in [0.29, 0.717) is 0 Å². The maximum Gasteiger partial charge on any atom is 0.347 e. The molecule has 2 N–H and O–H groups in total. The monoisotopic (exact) mass is 332 g/mol. The van der Waals surface area contributed by atoms with Gasteiger partial charge in [-0.2, -0.15) is 9.37 Å². The fraction of sp³-hybridized carbons (Fsp3) is 0.400. The smallest absolute Gasteiger partial charge is 0.347 e. The van der Waals surface area contributed by atoms with Gasteiger partial charge in [-0.15, -0.1) is 0 Å². The number of anilines is 1. The van der Waals surface area contributed by atoms with Gasteiger partial charge in [-0.3, -0.25) is 0 Å². The lowest BCUT2D eigenvalue weighted by Gasteiger charge is -2.15. The van der Waals surface area contributed by atoms with E-state index in [2.05, 4.69) is 9.72 Å². The number of esters is 1. The average Bonchev–Trinajstić information content (AvgIpc) is 2.39. The van der Waals surface area contributed by atoms with E-state index in [1.807, 2.05) is 0 Å². The highest BCUT2D eigenvalue weighted by atomic mass is 35.5. The van der Waals surface area contributed by atoms with Gasteiger partial charge in [0.05, 0.1) is 5.69 Å². The van der Waals surface area contributed by atoms with Crippen LogP contribution < -0.4 is 10.5 Å². The summed E-state index contributed by atoms with van der Waals surface area (Å²) in [5.74, 6) is -2.72. The van der Waals surface area contributed by atoms with Crippen LogP contribution in [0.2, 0.25) is 10.0 Å². The molecule has 0 saturated carbocycles. The summed E-state index contributed by atoms with van der Waals surface area (Å²) < 4.78 is 46.1. The number of carbonyl (C=O) groups is 1. The molecule has 0 fully saturated rings. The number of halogens is 5. The second kappa shape index (κ2) is 6.85. The molecule has 1 aromatic rings. The van der Waals surface area contributed by atoms with Crippen molar-refractivity contribution in [3.8, 4) is 5.88 Å². The van der Waals surface area contributed by atoms with E-state index in [4.69, 9.17) is 33.7 Å². The third kappa shape index (κ3) is 4.04. The largest absolute Gasteiger partial charge is 0.461 e. The zero-order chi connectivity index (χ0) is 15.4. The Morgan fingerprint density at radius 2 is 2.00 bits per heavy atom. The molecule has 20 heavy (non-hydrogen) atoms. The molecule has 1 atom stereocenters. The van der Waals surface area contributed by atoms with Crippen molar-refractivity contribution in [2.75, 3.05) is 12.3 Å². The number of hydrogen-bond acceptors (Lipinski definition) is 5. The van der Waals surface area contributed by atoms with Crippen molar-refractivity contribution in [1.29, 1.82) is 0 Å². The zero-order valence-electron chi connectivity index (χ0n) is 10.0. The quantitative estimate of drug-likeness (QED) is 0.662. The minimum atomic E-state index is -2.81. The molecule has 0 saturated heterocycles. The number of rotatable bonds is 5. The first-order valence-corrected chi connectivity index (χ1v) is 5.91. The summed E-state index contributed by atoms with van der Waals surface area (Å²) in [6.45, 7) is 0.110. The Bertz CT molecular complexity index is 517. The molecule has 0 aliphatic heterocycles. The Morgan fingerprint density at radius 1 is 1.40 bits per heavy atom. The number of nitrogen functional groups attached to an aromatic ring is 1. The molecule has 0 aromatic carbocycles. The highest BCUT2D eigenvalue weighted by Gasteiger charge is 2.23. The van der Waals surface area contributed by atoms with Crippen molar-refractivity contribution in [3.05, 3.63) is 16.0 Å². The van der Waals surface area contributed by atoms with Crippen LogP contribution in [0.5, 0.6) is 5.88 Å². The van der Waals surface area contributed by atoms with Crippen molar-refractivity contribution >= 4 is 34.9 Å². The van der Waals surface area contributed by atoms with Crippen LogP contribution in [0.25, 0.3) is 0 Å². The van der Waals surface area contributed by atoms with Crippen LogP contribution in [-0.4, -0.2) is 30.1 Å². The van der Waals surface area contributed by atoms with Crippen LogP contribution in [0.1, 0.15) is 6.92 Å². The van der Waals surface area contributed by atoms with E-state index in [0.717, 1.165) is 0 Å². The number of pyridine rings is 1. The molecule has 1 rings (SSSR count). The lowest BCUT2D eigenvalue weighted by molar-refractivity contribution is -0.155. The molecule has 0 aliphatic rings. The number of aromatic nitrogens is 1. The van der Waals surface area contributed by atoms with E-state index in [9.17, 15) is 18.0 Å². The van der Waals surface area contributed by atoms with E-state index in [1.165, 1.54) is 6.92 Å². The summed E-state index contributed by atoms with van der Waals surface area (Å²) >= 11 is 11.2. The van der Waals surface area contributed by atoms with Gasteiger partial charge in [0.1, 0.15) is 10.0 Å². The van der Waals surface area contributed by atoms with Gasteiger partial charge in [-0.05, 0) is 6.92 Å². The molecule has 0 spiro atoms. The molecule has 1 aromatic heterocycles. The average molecular weight is 333 g/mol. The van der Waals surface area contributed by atoms with Gasteiger partial charge in [0.2, 0.25) is 11.8 Å². The Labute approximate surface area is 121 Å². The molecule has 112 valence electrons. The Morgan fingerprint density at radius 3 is 2.55 bits per heavy atom. The zero-order valence-corrected chi connectivity index (χ0v) is 11.5. The molecule has 0 aliphatic carbocycles. The van der Waals surface area contributed by atoms with Crippen LogP contribution in [0.4, 0.5) is 18.9 Å². The maximum absolute atomic E-state index is 13.2. The fourth-order valence-electron chi connectivity index (χ4n) is 1.07. The SMILES string of the molecule is C[C@@H](Oc1nc(F)c(Cl)c(N)c1Cl)C(=O)OCC(F)F. The lowest BCUT2D eigenvalue weighted by Crippen LogP contribution is -2.28. The van der Waals surface area contributed by atoms with E-state index < -0.39 is 42.0 Å². The van der Waals surface area contributed by atoms with Crippen LogP contribution in [-0.2, 0) is 9.53 Å². The van der Waals surface area contributed by atoms with Gasteiger partial charge in [0, 0.05) is 0 Å². The first-order valence-electron chi connectivity index (χ1n) is 5.15. The number of nitrogens with zero attached hydrogens (tertiary/aromatic N) is 1. The molecule has 0 radical (unpaired) electrons. The predicted octanol–water partition coefficient (Wildman–Crippen LogP) is 2.69. The van der Waals surface area contributed by atoms with Crippen molar-refractivity contribution in [3.63, 3.8) is 0 Å². The van der Waals surface area contributed by atoms with Crippen molar-refractivity contribution in [2.45, 2.75) is 19.5 Å². The van der Waals surface area contributed by atoms with E-state index >= 15 is 0 Å². The molecular weight excluding hydrogens is 324 g/mol. The summed E-state index contributed by atoms with van der Waals surface area (Å²) in [6, 6.07) is 0. The van der Waals surface area contributed by atoms with Crippen molar-refractivity contribution < 1.29 is 27.4 Å². The minimum absolute atomic E-state index is 0.301. The van der Waals surface area contributed by atoms with Gasteiger partial charge in [-0.1, -0.05) is 23.2 Å². The van der Waals surface area contributed by atoms with Crippen LogP contribution in [0.3, 0.4) is 0 Å². The van der Waals surface area contributed by atoms with Crippen molar-refractivity contribution in [1.82, 2.24) is 4.98 Å². The standard InChI is InChI=1S/C10H9Cl2F3N2O3/c1-3(10(18)19-2-4(13)14)20-9-6(12)7(16)5(11)8(15)17-9/h3-4H,2H2,1H3,(H2,16,17)/t3-/m1/s1. The van der Waals surface area contributed by atoms with Gasteiger partial charge >= 0.3 is 5.97 Å². The molecule has 5 nitrogen and oxygen atoms in total. The molecule has 0 amide bonds. The number of hydrogen-bond donors (Lipinski definition) is 1. The molecular formula is C10H9Cl2F3N2O3. The number of alkyl halides is 2. The van der Waals surface area contributed by atoms with E-state index in [-0.39, 0.29) is 10.7 Å². The number of ether oxygens (including phenoxy) is 2. The number of carbonyl (C=O) groups excluding carboxylic acids is 1. The first kappa shape index (κ1) is 16.6. The van der Waals surface area contributed by atoms with Gasteiger partial charge in [0.25, 0.3) is 6.43 Å². The number of nitrogens with two attached hydrogens (primary N) is 1. The molecule has 0 unspecified atom stereocenters. The van der Waals surface area contributed by atoms with Gasteiger partial charge in [0.15, 0.2) is 12.7 Å². The molecule has 0 bridgehead atoms. The van der Waals surface area contributed by atoms with Gasteiger partial charge < -0.3 is 15.2 Å².